The second-order valence-electron chi connectivity index (χ2n) is 6.18. The van der Waals surface area contributed by atoms with E-state index in [-0.39, 0.29) is 18.6 Å². The summed E-state index contributed by atoms with van der Waals surface area (Å²) in [7, 11) is 3.30. The molecule has 2 aliphatic heterocycles. The summed E-state index contributed by atoms with van der Waals surface area (Å²) in [5.74, 6) is -0.0578. The van der Waals surface area contributed by atoms with Gasteiger partial charge in [0, 0.05) is 27.2 Å². The molecule has 5 nitrogen and oxygen atoms in total. The highest BCUT2D eigenvalue weighted by Gasteiger charge is 2.55. The minimum Gasteiger partial charge on any atom is -0.312 e. The lowest BCUT2D eigenvalue weighted by Crippen LogP contribution is -2.55. The summed E-state index contributed by atoms with van der Waals surface area (Å²) in [5, 5.41) is 0. The smallest absolute Gasteiger partial charge is 0.312 e. The van der Waals surface area contributed by atoms with Crippen molar-refractivity contribution in [1.82, 2.24) is 14.7 Å². The summed E-state index contributed by atoms with van der Waals surface area (Å²) in [6.45, 7) is 2.48. The van der Waals surface area contributed by atoms with Crippen molar-refractivity contribution in [3.63, 3.8) is 0 Å². The molecule has 0 aromatic heterocycles. The van der Waals surface area contributed by atoms with Gasteiger partial charge in [-0.1, -0.05) is 12.8 Å². The van der Waals surface area contributed by atoms with E-state index in [1.54, 1.807) is 19.0 Å². The molecule has 3 amide bonds. The molecular formula is C15H26FN3O2. The molecular weight excluding hydrogens is 273 g/mol. The van der Waals surface area contributed by atoms with Crippen molar-refractivity contribution in [2.45, 2.75) is 44.1 Å². The Labute approximate surface area is 126 Å². The summed E-state index contributed by atoms with van der Waals surface area (Å²) >= 11 is 0. The van der Waals surface area contributed by atoms with Gasteiger partial charge in [-0.2, -0.15) is 0 Å². The largest absolute Gasteiger partial charge is 0.327 e. The zero-order valence-electron chi connectivity index (χ0n) is 13.1. The molecule has 0 N–H and O–H groups in total. The number of halogens is 1. The number of likely N-dealkylation sites (N-methyl/N-ethyl adjacent to an activating group) is 2. The number of unbranched alkanes of at least 4 members (excludes halogenated alkanes) is 3. The Hall–Kier alpha value is -1.17. The number of carbonyl (C=O) groups is 2. The summed E-state index contributed by atoms with van der Waals surface area (Å²) in [5.41, 5.74) is -0.615. The number of likely N-dealkylation sites (tertiary alicyclic amines) is 1. The zero-order chi connectivity index (χ0) is 15.5. The first-order chi connectivity index (χ1) is 10.0. The summed E-state index contributed by atoms with van der Waals surface area (Å²) in [4.78, 5) is 29.5. The van der Waals surface area contributed by atoms with E-state index in [1.807, 2.05) is 0 Å². The average molecular weight is 299 g/mol. The fraction of sp³-hybridized carbons (Fsp3) is 0.867. The number of imide groups is 1. The summed E-state index contributed by atoms with van der Waals surface area (Å²) in [6.07, 6.45) is 5.18. The maximum atomic E-state index is 12.4. The molecule has 21 heavy (non-hydrogen) atoms. The van der Waals surface area contributed by atoms with Crippen LogP contribution in [0, 0.1) is 0 Å². The van der Waals surface area contributed by atoms with E-state index < -0.39 is 5.54 Å². The van der Waals surface area contributed by atoms with Gasteiger partial charge in [-0.3, -0.25) is 14.1 Å². The van der Waals surface area contributed by atoms with Crippen LogP contribution in [-0.2, 0) is 4.79 Å². The predicted octanol–water partition coefficient (Wildman–Crippen LogP) is 1.87. The molecule has 0 bridgehead atoms. The summed E-state index contributed by atoms with van der Waals surface area (Å²) in [6, 6.07) is -0.195. The highest BCUT2D eigenvalue weighted by molar-refractivity contribution is 6.06. The number of piperidine rings is 1. The van der Waals surface area contributed by atoms with E-state index in [0.29, 0.717) is 19.3 Å². The SMILES string of the molecule is CN1C(=O)N(C)C2(CCN(CCCCCCF)CC2)C1=O. The van der Waals surface area contributed by atoms with Gasteiger partial charge in [0.15, 0.2) is 0 Å². The van der Waals surface area contributed by atoms with Crippen molar-refractivity contribution in [3.05, 3.63) is 0 Å². The van der Waals surface area contributed by atoms with Crippen molar-refractivity contribution in [3.8, 4) is 0 Å². The topological polar surface area (TPSA) is 43.9 Å². The Kier molecular flexibility index (Phi) is 5.19. The van der Waals surface area contributed by atoms with E-state index in [2.05, 4.69) is 4.90 Å². The van der Waals surface area contributed by atoms with Crippen LogP contribution in [0.3, 0.4) is 0 Å². The second kappa shape index (κ2) is 6.73. The van der Waals surface area contributed by atoms with Crippen LogP contribution in [0.2, 0.25) is 0 Å². The monoisotopic (exact) mass is 299 g/mol. The van der Waals surface area contributed by atoms with Gasteiger partial charge in [0.2, 0.25) is 0 Å². The molecule has 2 aliphatic rings. The van der Waals surface area contributed by atoms with Crippen molar-refractivity contribution in [1.29, 1.82) is 0 Å². The van der Waals surface area contributed by atoms with Gasteiger partial charge in [0.25, 0.3) is 5.91 Å². The van der Waals surface area contributed by atoms with Crippen LogP contribution in [0.5, 0.6) is 0 Å². The molecule has 0 radical (unpaired) electrons. The number of nitrogens with zero attached hydrogens (tertiary/aromatic N) is 3. The van der Waals surface area contributed by atoms with E-state index in [0.717, 1.165) is 38.9 Å². The highest BCUT2D eigenvalue weighted by atomic mass is 19.1. The quantitative estimate of drug-likeness (QED) is 0.555. The van der Waals surface area contributed by atoms with E-state index in [4.69, 9.17) is 0 Å². The second-order valence-corrected chi connectivity index (χ2v) is 6.18. The van der Waals surface area contributed by atoms with Gasteiger partial charge in [0.05, 0.1) is 6.67 Å². The number of urea groups is 1. The number of amides is 3. The maximum Gasteiger partial charge on any atom is 0.327 e. The van der Waals surface area contributed by atoms with Crippen LogP contribution in [0.4, 0.5) is 9.18 Å². The Morgan fingerprint density at radius 2 is 1.67 bits per heavy atom. The minimum absolute atomic E-state index is 0.0578. The van der Waals surface area contributed by atoms with Crippen LogP contribution < -0.4 is 0 Å². The molecule has 0 aliphatic carbocycles. The fourth-order valence-electron chi connectivity index (χ4n) is 3.43. The Bertz CT molecular complexity index is 394. The Morgan fingerprint density at radius 3 is 2.19 bits per heavy atom. The number of hydrogen-bond acceptors (Lipinski definition) is 3. The van der Waals surface area contributed by atoms with Gasteiger partial charge in [0.1, 0.15) is 5.54 Å². The van der Waals surface area contributed by atoms with Crippen molar-refractivity contribution >= 4 is 11.9 Å². The van der Waals surface area contributed by atoms with E-state index in [9.17, 15) is 14.0 Å². The normalized spacial score (nSPS) is 22.6. The van der Waals surface area contributed by atoms with Crippen LogP contribution in [-0.4, -0.2) is 72.6 Å². The highest BCUT2D eigenvalue weighted by Crippen LogP contribution is 2.35. The van der Waals surface area contributed by atoms with Crippen molar-refractivity contribution in [2.24, 2.45) is 0 Å². The molecule has 0 aromatic carbocycles. The zero-order valence-corrected chi connectivity index (χ0v) is 13.1. The predicted molar refractivity (Wildman–Crippen MR) is 78.8 cm³/mol. The fourth-order valence-corrected chi connectivity index (χ4v) is 3.43. The number of hydrogen-bond donors (Lipinski definition) is 0. The van der Waals surface area contributed by atoms with Crippen LogP contribution in [0.25, 0.3) is 0 Å². The first-order valence-corrected chi connectivity index (χ1v) is 7.87. The van der Waals surface area contributed by atoms with Crippen molar-refractivity contribution in [2.75, 3.05) is 40.4 Å². The molecule has 0 unspecified atom stereocenters. The standard InChI is InChI=1S/C15H26FN3O2/c1-17-13(20)15(18(2)14(17)21)7-11-19(12-8-15)10-6-4-3-5-9-16/h3-12H2,1-2H3. The molecule has 0 saturated carbocycles. The maximum absolute atomic E-state index is 12.4. The van der Waals surface area contributed by atoms with E-state index >= 15 is 0 Å². The number of rotatable bonds is 6. The van der Waals surface area contributed by atoms with Crippen LogP contribution in [0.1, 0.15) is 38.5 Å². The molecule has 120 valence electrons. The third-order valence-corrected chi connectivity index (χ3v) is 4.96. The average Bonchev–Trinajstić information content (AvgIpc) is 2.65. The lowest BCUT2D eigenvalue weighted by Gasteiger charge is -2.40. The lowest BCUT2D eigenvalue weighted by molar-refractivity contribution is -0.134. The van der Waals surface area contributed by atoms with Gasteiger partial charge < -0.3 is 9.80 Å². The van der Waals surface area contributed by atoms with Gasteiger partial charge >= 0.3 is 6.03 Å². The van der Waals surface area contributed by atoms with Gasteiger partial charge in [-0.25, -0.2) is 4.79 Å². The van der Waals surface area contributed by atoms with Gasteiger partial charge in [-0.15, -0.1) is 0 Å². The molecule has 1 spiro atoms. The molecule has 2 heterocycles. The number of carbonyl (C=O) groups excluding carboxylic acids is 2. The molecule has 2 saturated heterocycles. The molecule has 0 aromatic rings. The third-order valence-electron chi connectivity index (χ3n) is 4.96. The first kappa shape index (κ1) is 16.2. The molecule has 2 rings (SSSR count). The Balaban J connectivity index is 1.80. The van der Waals surface area contributed by atoms with Crippen molar-refractivity contribution < 1.29 is 14.0 Å². The molecule has 6 heteroatoms. The number of alkyl halides is 1. The van der Waals surface area contributed by atoms with Gasteiger partial charge in [-0.05, 0) is 32.2 Å². The van der Waals surface area contributed by atoms with Crippen LogP contribution in [0.15, 0.2) is 0 Å². The molecule has 2 fully saturated rings. The summed E-state index contributed by atoms with van der Waals surface area (Å²) < 4.78 is 12.0. The minimum atomic E-state index is -0.615. The lowest BCUT2D eigenvalue weighted by atomic mass is 9.86. The first-order valence-electron chi connectivity index (χ1n) is 7.87. The van der Waals surface area contributed by atoms with E-state index in [1.165, 1.54) is 4.90 Å². The van der Waals surface area contributed by atoms with Crippen LogP contribution >= 0.6 is 0 Å². The Morgan fingerprint density at radius 1 is 1.05 bits per heavy atom. The molecule has 0 atom stereocenters. The third kappa shape index (κ3) is 3.05.